The molecule has 1 aliphatic rings. The molecule has 2 aromatic heterocycles. The van der Waals surface area contributed by atoms with Gasteiger partial charge in [-0.25, -0.2) is 4.98 Å². The molecular weight excluding hydrogens is 426 g/mol. The van der Waals surface area contributed by atoms with Crippen molar-refractivity contribution in [2.45, 2.75) is 37.9 Å². The van der Waals surface area contributed by atoms with Crippen LogP contribution in [0.4, 0.5) is 0 Å². The van der Waals surface area contributed by atoms with Crippen molar-refractivity contribution in [3.8, 4) is 5.69 Å². The van der Waals surface area contributed by atoms with E-state index in [4.69, 9.17) is 4.98 Å². The number of aryl methyl sites for hydroxylation is 2. The lowest BCUT2D eigenvalue weighted by atomic mass is 10.1. The predicted molar refractivity (Wildman–Crippen MR) is 125 cm³/mol. The quantitative estimate of drug-likeness (QED) is 0.404. The topological polar surface area (TPSA) is 63.9 Å². The third-order valence-electron chi connectivity index (χ3n) is 5.78. The van der Waals surface area contributed by atoms with Crippen molar-refractivity contribution in [1.82, 2.24) is 24.6 Å². The van der Waals surface area contributed by atoms with Crippen molar-refractivity contribution in [2.24, 2.45) is 0 Å². The molecule has 1 amide bonds. The van der Waals surface area contributed by atoms with Gasteiger partial charge in [-0.2, -0.15) is 0 Å². The molecule has 31 heavy (non-hydrogen) atoms. The number of nitrogens with zero attached hydrogens (tertiary/aromatic N) is 5. The third-order valence-corrected chi connectivity index (χ3v) is 7.84. The predicted octanol–water partition coefficient (Wildman–Crippen LogP) is 4.95. The summed E-state index contributed by atoms with van der Waals surface area (Å²) in [6.45, 7) is 4.97. The van der Waals surface area contributed by atoms with Crippen LogP contribution in [0.5, 0.6) is 0 Å². The highest BCUT2D eigenvalue weighted by Gasteiger charge is 2.32. The molecule has 2 aromatic carbocycles. The molecule has 0 spiro atoms. The zero-order valence-electron chi connectivity index (χ0n) is 17.5. The second-order valence-electron chi connectivity index (χ2n) is 7.81. The van der Waals surface area contributed by atoms with Gasteiger partial charge >= 0.3 is 0 Å². The lowest BCUT2D eigenvalue weighted by Gasteiger charge is -2.22. The first kappa shape index (κ1) is 20.2. The second kappa shape index (κ2) is 8.43. The minimum absolute atomic E-state index is 0.0723. The fraction of sp³-hybridized carbons (Fsp3) is 0.304. The average molecular weight is 450 g/mol. The number of thiazole rings is 1. The van der Waals surface area contributed by atoms with E-state index in [1.54, 1.807) is 17.7 Å². The first-order valence-electron chi connectivity index (χ1n) is 10.4. The zero-order valence-corrected chi connectivity index (χ0v) is 19.1. The van der Waals surface area contributed by atoms with Gasteiger partial charge in [-0.1, -0.05) is 30.0 Å². The Labute approximate surface area is 189 Å². The number of para-hydroxylation sites is 1. The van der Waals surface area contributed by atoms with E-state index in [2.05, 4.69) is 48.3 Å². The summed E-state index contributed by atoms with van der Waals surface area (Å²) in [7, 11) is 0. The maximum Gasteiger partial charge on any atom is 0.233 e. The van der Waals surface area contributed by atoms with Crippen molar-refractivity contribution >= 4 is 39.2 Å². The van der Waals surface area contributed by atoms with Gasteiger partial charge in [0.25, 0.3) is 0 Å². The lowest BCUT2D eigenvalue weighted by Crippen LogP contribution is -2.32. The Morgan fingerprint density at radius 1 is 1.19 bits per heavy atom. The molecule has 8 heteroatoms. The number of carbonyl (C=O) groups is 1. The van der Waals surface area contributed by atoms with E-state index in [-0.39, 0.29) is 11.9 Å². The minimum atomic E-state index is 0.0723. The summed E-state index contributed by atoms with van der Waals surface area (Å²) in [5.74, 6) is 0.465. The molecule has 1 aliphatic heterocycles. The Kier molecular flexibility index (Phi) is 5.50. The van der Waals surface area contributed by atoms with Crippen LogP contribution in [0.15, 0.2) is 53.9 Å². The normalized spacial score (nSPS) is 16.3. The summed E-state index contributed by atoms with van der Waals surface area (Å²) >= 11 is 3.13. The first-order chi connectivity index (χ1) is 15.1. The number of thioether (sulfide) groups is 1. The Morgan fingerprint density at radius 2 is 2.06 bits per heavy atom. The number of benzene rings is 2. The number of amides is 1. The van der Waals surface area contributed by atoms with Crippen LogP contribution in [0.1, 0.15) is 35.0 Å². The van der Waals surface area contributed by atoms with Crippen LogP contribution in [0, 0.1) is 13.8 Å². The van der Waals surface area contributed by atoms with Gasteiger partial charge in [0, 0.05) is 12.2 Å². The van der Waals surface area contributed by atoms with E-state index in [1.807, 2.05) is 27.7 Å². The van der Waals surface area contributed by atoms with Crippen molar-refractivity contribution < 1.29 is 4.79 Å². The highest BCUT2D eigenvalue weighted by atomic mass is 32.2. The number of likely N-dealkylation sites (tertiary alicyclic amines) is 1. The summed E-state index contributed by atoms with van der Waals surface area (Å²) in [5.41, 5.74) is 4.49. The Bertz CT molecular complexity index is 1210. The van der Waals surface area contributed by atoms with Gasteiger partial charge in [-0.3, -0.25) is 9.36 Å². The number of carbonyl (C=O) groups excluding carboxylic acids is 1. The van der Waals surface area contributed by atoms with Crippen molar-refractivity contribution in [1.29, 1.82) is 0 Å². The first-order valence-corrected chi connectivity index (χ1v) is 12.2. The molecule has 6 nitrogen and oxygen atoms in total. The monoisotopic (exact) mass is 449 g/mol. The van der Waals surface area contributed by atoms with Crippen LogP contribution in [0.2, 0.25) is 0 Å². The Balaban J connectivity index is 1.30. The molecule has 0 N–H and O–H groups in total. The van der Waals surface area contributed by atoms with Gasteiger partial charge in [0.15, 0.2) is 5.16 Å². The van der Waals surface area contributed by atoms with Crippen molar-refractivity contribution in [3.63, 3.8) is 0 Å². The Hall–Kier alpha value is -2.71. The zero-order chi connectivity index (χ0) is 21.4. The number of rotatable bonds is 5. The fourth-order valence-corrected chi connectivity index (χ4v) is 5.87. The Morgan fingerprint density at radius 3 is 2.90 bits per heavy atom. The standard InChI is InChI=1S/C23H23N5OS2/c1-15-9-10-17(12-16(15)2)28-14-24-26-23(28)30-13-21(29)27-11-5-7-19(27)22-25-18-6-3-4-8-20(18)31-22/h3-4,6,8-10,12,14,19H,5,7,11,13H2,1-2H3. The number of hydrogen-bond acceptors (Lipinski definition) is 6. The van der Waals surface area contributed by atoms with Gasteiger partial charge in [0.05, 0.1) is 22.0 Å². The molecule has 0 radical (unpaired) electrons. The maximum absolute atomic E-state index is 13.1. The van der Waals surface area contributed by atoms with Gasteiger partial charge < -0.3 is 4.90 Å². The minimum Gasteiger partial charge on any atom is -0.332 e. The van der Waals surface area contributed by atoms with Gasteiger partial charge in [-0.15, -0.1) is 21.5 Å². The van der Waals surface area contributed by atoms with E-state index in [0.29, 0.717) is 5.75 Å². The molecule has 5 rings (SSSR count). The van der Waals surface area contributed by atoms with E-state index in [9.17, 15) is 4.79 Å². The van der Waals surface area contributed by atoms with Crippen LogP contribution in [-0.2, 0) is 4.79 Å². The molecule has 4 aromatic rings. The average Bonchev–Trinajstić information content (AvgIpc) is 3.52. The van der Waals surface area contributed by atoms with Crippen molar-refractivity contribution in [3.05, 3.63) is 64.9 Å². The van der Waals surface area contributed by atoms with E-state index >= 15 is 0 Å². The lowest BCUT2D eigenvalue weighted by molar-refractivity contribution is -0.129. The summed E-state index contributed by atoms with van der Waals surface area (Å²) in [6.07, 6.45) is 3.68. The van der Waals surface area contributed by atoms with Gasteiger partial charge in [0.1, 0.15) is 11.3 Å². The molecule has 0 saturated carbocycles. The maximum atomic E-state index is 13.1. The van der Waals surface area contributed by atoms with Crippen LogP contribution in [0.3, 0.4) is 0 Å². The number of aromatic nitrogens is 4. The summed E-state index contributed by atoms with van der Waals surface area (Å²) in [6, 6.07) is 14.5. The van der Waals surface area contributed by atoms with Crippen LogP contribution < -0.4 is 0 Å². The van der Waals surface area contributed by atoms with Crippen LogP contribution >= 0.6 is 23.1 Å². The molecule has 0 aliphatic carbocycles. The molecular formula is C23H23N5OS2. The van der Waals surface area contributed by atoms with E-state index in [1.165, 1.54) is 27.6 Å². The van der Waals surface area contributed by atoms with Gasteiger partial charge in [0.2, 0.25) is 5.91 Å². The molecule has 3 heterocycles. The van der Waals surface area contributed by atoms with Crippen LogP contribution in [-0.4, -0.2) is 42.9 Å². The molecule has 1 atom stereocenters. The highest BCUT2D eigenvalue weighted by Crippen LogP contribution is 2.37. The molecule has 158 valence electrons. The largest absolute Gasteiger partial charge is 0.332 e. The smallest absolute Gasteiger partial charge is 0.233 e. The van der Waals surface area contributed by atoms with Gasteiger partial charge in [-0.05, 0) is 62.1 Å². The summed E-state index contributed by atoms with van der Waals surface area (Å²) in [4.78, 5) is 19.9. The number of hydrogen-bond donors (Lipinski definition) is 0. The van der Waals surface area contributed by atoms with Crippen LogP contribution in [0.25, 0.3) is 15.9 Å². The fourth-order valence-electron chi connectivity index (χ4n) is 3.94. The second-order valence-corrected chi connectivity index (χ2v) is 9.81. The summed E-state index contributed by atoms with van der Waals surface area (Å²) in [5, 5.41) is 10.1. The molecule has 1 fully saturated rings. The van der Waals surface area contributed by atoms with E-state index < -0.39 is 0 Å². The number of fused-ring (bicyclic) bond motifs is 1. The van der Waals surface area contributed by atoms with E-state index in [0.717, 1.165) is 40.8 Å². The SMILES string of the molecule is Cc1ccc(-n2cnnc2SCC(=O)N2CCCC2c2nc3ccccc3s2)cc1C. The summed E-state index contributed by atoms with van der Waals surface area (Å²) < 4.78 is 3.12. The highest BCUT2D eigenvalue weighted by molar-refractivity contribution is 7.99. The molecule has 1 saturated heterocycles. The third kappa shape index (κ3) is 3.97. The molecule has 1 unspecified atom stereocenters. The van der Waals surface area contributed by atoms with Crippen molar-refractivity contribution in [2.75, 3.05) is 12.3 Å². The molecule has 0 bridgehead atoms.